The van der Waals surface area contributed by atoms with Crippen molar-refractivity contribution in [1.82, 2.24) is 10.3 Å². The molecule has 1 unspecified atom stereocenters. The number of nitrogens with one attached hydrogen (secondary N) is 1. The lowest BCUT2D eigenvalue weighted by Gasteiger charge is -2.16. The third kappa shape index (κ3) is 4.02. The van der Waals surface area contributed by atoms with Crippen molar-refractivity contribution in [1.29, 1.82) is 0 Å². The average molecular weight is 483 g/mol. The Kier molecular flexibility index (Phi) is 5.83. The zero-order valence-electron chi connectivity index (χ0n) is 13.9. The van der Waals surface area contributed by atoms with Crippen LogP contribution >= 0.6 is 34.2 Å². The SMILES string of the molecule is CC(NC(=O)COc1c(I)cc(Cl)c2cccnc12)c1ccccc1O. The van der Waals surface area contributed by atoms with Crippen LogP contribution in [-0.4, -0.2) is 22.6 Å². The van der Waals surface area contributed by atoms with Gasteiger partial charge >= 0.3 is 0 Å². The molecule has 1 amide bonds. The van der Waals surface area contributed by atoms with Gasteiger partial charge in [0, 0.05) is 17.1 Å². The summed E-state index contributed by atoms with van der Waals surface area (Å²) in [6.07, 6.45) is 1.65. The number of phenols is 1. The summed E-state index contributed by atoms with van der Waals surface area (Å²) in [5, 5.41) is 14.0. The smallest absolute Gasteiger partial charge is 0.258 e. The van der Waals surface area contributed by atoms with Gasteiger partial charge in [0.25, 0.3) is 5.91 Å². The van der Waals surface area contributed by atoms with Crippen LogP contribution in [0.3, 0.4) is 0 Å². The first-order valence-electron chi connectivity index (χ1n) is 7.90. The molecule has 0 saturated carbocycles. The second-order valence-corrected chi connectivity index (χ2v) is 7.27. The Balaban J connectivity index is 1.72. The molecule has 0 saturated heterocycles. The Labute approximate surface area is 169 Å². The number of phenolic OH excluding ortho intramolecular Hbond substituents is 1. The molecule has 2 aromatic carbocycles. The summed E-state index contributed by atoms with van der Waals surface area (Å²) in [4.78, 5) is 16.6. The molecular formula is C19H16ClIN2O3. The summed E-state index contributed by atoms with van der Waals surface area (Å²) < 4.78 is 6.51. The molecule has 1 heterocycles. The van der Waals surface area contributed by atoms with Crippen LogP contribution in [0.5, 0.6) is 11.5 Å². The van der Waals surface area contributed by atoms with E-state index in [2.05, 4.69) is 32.9 Å². The maximum Gasteiger partial charge on any atom is 0.258 e. The zero-order chi connectivity index (χ0) is 18.7. The number of carbonyl (C=O) groups excluding carboxylic acids is 1. The summed E-state index contributed by atoms with van der Waals surface area (Å²) in [7, 11) is 0. The molecule has 0 radical (unpaired) electrons. The lowest BCUT2D eigenvalue weighted by atomic mass is 10.1. The van der Waals surface area contributed by atoms with Crippen molar-refractivity contribution in [2.24, 2.45) is 0 Å². The summed E-state index contributed by atoms with van der Waals surface area (Å²) >= 11 is 8.35. The largest absolute Gasteiger partial charge is 0.508 e. The van der Waals surface area contributed by atoms with Crippen molar-refractivity contribution in [2.45, 2.75) is 13.0 Å². The number of carbonyl (C=O) groups is 1. The average Bonchev–Trinajstić information content (AvgIpc) is 2.61. The highest BCUT2D eigenvalue weighted by Crippen LogP contribution is 2.34. The van der Waals surface area contributed by atoms with Crippen LogP contribution in [0.25, 0.3) is 10.9 Å². The fourth-order valence-corrected chi connectivity index (χ4v) is 3.80. The molecule has 0 fully saturated rings. The number of pyridine rings is 1. The van der Waals surface area contributed by atoms with E-state index >= 15 is 0 Å². The molecule has 134 valence electrons. The number of aromatic nitrogens is 1. The van der Waals surface area contributed by atoms with E-state index in [0.29, 0.717) is 21.9 Å². The van der Waals surface area contributed by atoms with Crippen molar-refractivity contribution in [3.63, 3.8) is 0 Å². The zero-order valence-corrected chi connectivity index (χ0v) is 16.8. The number of benzene rings is 2. The van der Waals surface area contributed by atoms with Gasteiger partial charge in [-0.25, -0.2) is 0 Å². The predicted molar refractivity (Wildman–Crippen MR) is 110 cm³/mol. The first-order chi connectivity index (χ1) is 12.5. The van der Waals surface area contributed by atoms with Gasteiger partial charge < -0.3 is 15.2 Å². The molecule has 1 aromatic heterocycles. The van der Waals surface area contributed by atoms with Crippen LogP contribution in [0.1, 0.15) is 18.5 Å². The van der Waals surface area contributed by atoms with Gasteiger partial charge in [0.1, 0.15) is 11.3 Å². The molecule has 5 nitrogen and oxygen atoms in total. The minimum atomic E-state index is -0.341. The Morgan fingerprint density at radius 3 is 2.88 bits per heavy atom. The first-order valence-corrected chi connectivity index (χ1v) is 9.36. The molecule has 1 atom stereocenters. The van der Waals surface area contributed by atoms with E-state index in [1.54, 1.807) is 43.5 Å². The highest BCUT2D eigenvalue weighted by molar-refractivity contribution is 14.1. The van der Waals surface area contributed by atoms with Crippen LogP contribution in [0.15, 0.2) is 48.7 Å². The fraction of sp³-hybridized carbons (Fsp3) is 0.158. The quantitative estimate of drug-likeness (QED) is 0.527. The number of ether oxygens (including phenoxy) is 1. The number of hydrogen-bond donors (Lipinski definition) is 2. The number of fused-ring (bicyclic) bond motifs is 1. The Morgan fingerprint density at radius 2 is 2.12 bits per heavy atom. The number of para-hydroxylation sites is 1. The molecule has 26 heavy (non-hydrogen) atoms. The van der Waals surface area contributed by atoms with Crippen molar-refractivity contribution >= 4 is 51.0 Å². The predicted octanol–water partition coefficient (Wildman–Crippen LogP) is 4.45. The first kappa shape index (κ1) is 18.7. The molecular weight excluding hydrogens is 467 g/mol. The number of halogens is 2. The van der Waals surface area contributed by atoms with Crippen molar-refractivity contribution < 1.29 is 14.6 Å². The minimum absolute atomic E-state index is 0.142. The van der Waals surface area contributed by atoms with E-state index in [0.717, 1.165) is 8.96 Å². The van der Waals surface area contributed by atoms with Crippen LogP contribution < -0.4 is 10.1 Å². The fourth-order valence-electron chi connectivity index (χ4n) is 2.64. The van der Waals surface area contributed by atoms with Crippen LogP contribution in [0, 0.1) is 3.57 Å². The van der Waals surface area contributed by atoms with E-state index < -0.39 is 0 Å². The standard InChI is InChI=1S/C19H16ClIN2O3/c1-11(12-5-2-3-7-16(12)24)23-17(25)10-26-19-15(21)9-14(20)13-6-4-8-22-18(13)19/h2-9,11,24H,10H2,1H3,(H,23,25). The van der Waals surface area contributed by atoms with E-state index in [4.69, 9.17) is 16.3 Å². The summed E-state index contributed by atoms with van der Waals surface area (Å²) in [6.45, 7) is 1.64. The second-order valence-electron chi connectivity index (χ2n) is 5.71. The number of hydrogen-bond acceptors (Lipinski definition) is 4. The van der Waals surface area contributed by atoms with Gasteiger partial charge in [0.15, 0.2) is 12.4 Å². The third-order valence-electron chi connectivity index (χ3n) is 3.88. The monoisotopic (exact) mass is 482 g/mol. The Morgan fingerprint density at radius 1 is 1.35 bits per heavy atom. The number of nitrogens with zero attached hydrogens (tertiary/aromatic N) is 1. The molecule has 0 aliphatic rings. The molecule has 0 aliphatic heterocycles. The normalized spacial score (nSPS) is 12.0. The van der Waals surface area contributed by atoms with Gasteiger partial charge in [-0.15, -0.1) is 0 Å². The minimum Gasteiger partial charge on any atom is -0.508 e. The topological polar surface area (TPSA) is 71.5 Å². The molecule has 0 aliphatic carbocycles. The van der Waals surface area contributed by atoms with Crippen LogP contribution in [0.2, 0.25) is 5.02 Å². The summed E-state index contributed by atoms with van der Waals surface area (Å²) in [5.41, 5.74) is 1.26. The molecule has 3 aromatic rings. The Hall–Kier alpha value is -2.06. The van der Waals surface area contributed by atoms with E-state index in [1.165, 1.54) is 0 Å². The van der Waals surface area contributed by atoms with Crippen LogP contribution in [-0.2, 0) is 4.79 Å². The molecule has 2 N–H and O–H groups in total. The second kappa shape index (κ2) is 8.09. The van der Waals surface area contributed by atoms with Gasteiger partial charge in [0.05, 0.1) is 14.6 Å². The van der Waals surface area contributed by atoms with E-state index in [-0.39, 0.29) is 24.3 Å². The Bertz CT molecular complexity index is 965. The lowest BCUT2D eigenvalue weighted by Crippen LogP contribution is -2.31. The maximum absolute atomic E-state index is 12.3. The highest BCUT2D eigenvalue weighted by atomic mass is 127. The number of aromatic hydroxyl groups is 1. The van der Waals surface area contributed by atoms with Gasteiger partial charge in [-0.05, 0) is 53.8 Å². The number of rotatable bonds is 5. The highest BCUT2D eigenvalue weighted by Gasteiger charge is 2.16. The number of amides is 1. The van der Waals surface area contributed by atoms with Crippen molar-refractivity contribution in [3.05, 3.63) is 62.8 Å². The maximum atomic E-state index is 12.3. The van der Waals surface area contributed by atoms with E-state index in [9.17, 15) is 9.90 Å². The van der Waals surface area contributed by atoms with Gasteiger partial charge in [-0.2, -0.15) is 0 Å². The third-order valence-corrected chi connectivity index (χ3v) is 4.99. The van der Waals surface area contributed by atoms with Gasteiger partial charge in [-0.1, -0.05) is 29.8 Å². The molecule has 3 rings (SSSR count). The van der Waals surface area contributed by atoms with Crippen molar-refractivity contribution in [2.75, 3.05) is 6.61 Å². The summed E-state index contributed by atoms with van der Waals surface area (Å²) in [5.74, 6) is 0.371. The summed E-state index contributed by atoms with van der Waals surface area (Å²) in [6, 6.07) is 12.0. The van der Waals surface area contributed by atoms with Gasteiger partial charge in [0.2, 0.25) is 0 Å². The van der Waals surface area contributed by atoms with E-state index in [1.807, 2.05) is 12.1 Å². The van der Waals surface area contributed by atoms with Crippen LogP contribution in [0.4, 0.5) is 0 Å². The molecule has 0 bridgehead atoms. The van der Waals surface area contributed by atoms with Gasteiger partial charge in [-0.3, -0.25) is 9.78 Å². The van der Waals surface area contributed by atoms with Crippen molar-refractivity contribution in [3.8, 4) is 11.5 Å². The molecule has 7 heteroatoms. The molecule has 0 spiro atoms. The lowest BCUT2D eigenvalue weighted by molar-refractivity contribution is -0.123.